The van der Waals surface area contributed by atoms with Gasteiger partial charge in [0.05, 0.1) is 0 Å². The number of rotatable bonds is 7. The molecule has 2 N–H and O–H groups in total. The first-order valence-electron chi connectivity index (χ1n) is 4.64. The fourth-order valence-electron chi connectivity index (χ4n) is 1.15. The van der Waals surface area contributed by atoms with Crippen LogP contribution in [-0.2, 0) is 9.63 Å². The van der Waals surface area contributed by atoms with Gasteiger partial charge in [-0.05, 0) is 31.5 Å². The van der Waals surface area contributed by atoms with Crippen LogP contribution in [0.3, 0.4) is 0 Å². The predicted molar refractivity (Wildman–Crippen MR) is 49.7 cm³/mol. The third-order valence-corrected chi connectivity index (χ3v) is 1.92. The Morgan fingerprint density at radius 3 is 2.92 bits per heavy atom. The first-order chi connectivity index (χ1) is 6.38. The molecule has 0 aromatic heterocycles. The standard InChI is InChI=1S/C9H16N2O2/c10-6-2-1-3-7-11-9(13-11)5-4-8-12/h4-5,8-9H,1-3,6-7,10H2/b5-4-. The normalized spacial score (nSPS) is 26.5. The predicted octanol–water partition coefficient (Wildman–Crippen LogP) is 0.444. The van der Waals surface area contributed by atoms with Crippen LogP contribution in [0.25, 0.3) is 0 Å². The van der Waals surface area contributed by atoms with E-state index in [0.29, 0.717) is 0 Å². The zero-order chi connectivity index (χ0) is 9.52. The number of carbonyl (C=O) groups excluding carboxylic acids is 1. The summed E-state index contributed by atoms with van der Waals surface area (Å²) in [6, 6.07) is 0. The third kappa shape index (κ3) is 4.17. The van der Waals surface area contributed by atoms with Crippen LogP contribution in [0.1, 0.15) is 19.3 Å². The highest BCUT2D eigenvalue weighted by molar-refractivity contribution is 5.64. The van der Waals surface area contributed by atoms with Crippen molar-refractivity contribution in [2.75, 3.05) is 13.1 Å². The smallest absolute Gasteiger partial charge is 0.173 e. The van der Waals surface area contributed by atoms with Gasteiger partial charge in [0.1, 0.15) is 6.29 Å². The minimum atomic E-state index is 0.0306. The van der Waals surface area contributed by atoms with E-state index in [2.05, 4.69) is 0 Å². The zero-order valence-electron chi connectivity index (χ0n) is 7.69. The molecule has 2 atom stereocenters. The Morgan fingerprint density at radius 2 is 2.23 bits per heavy atom. The Labute approximate surface area is 78.3 Å². The molecular weight excluding hydrogens is 168 g/mol. The summed E-state index contributed by atoms with van der Waals surface area (Å²) in [4.78, 5) is 15.1. The average molecular weight is 184 g/mol. The van der Waals surface area contributed by atoms with Crippen molar-refractivity contribution in [3.8, 4) is 0 Å². The fraction of sp³-hybridized carbons (Fsp3) is 0.667. The number of aldehydes is 1. The van der Waals surface area contributed by atoms with Gasteiger partial charge in [-0.2, -0.15) is 5.06 Å². The Kier molecular flexibility index (Phi) is 4.67. The average Bonchev–Trinajstić information content (AvgIpc) is 2.88. The van der Waals surface area contributed by atoms with Crippen LogP contribution in [0, 0.1) is 0 Å². The molecule has 1 fully saturated rings. The van der Waals surface area contributed by atoms with E-state index < -0.39 is 0 Å². The second-order valence-corrected chi connectivity index (χ2v) is 3.01. The Hall–Kier alpha value is -0.710. The van der Waals surface area contributed by atoms with Gasteiger partial charge in [-0.3, -0.25) is 9.63 Å². The number of hydrogen-bond donors (Lipinski definition) is 1. The van der Waals surface area contributed by atoms with E-state index in [4.69, 9.17) is 10.6 Å². The molecule has 13 heavy (non-hydrogen) atoms. The van der Waals surface area contributed by atoms with Crippen LogP contribution in [0.4, 0.5) is 0 Å². The molecule has 0 saturated carbocycles. The minimum absolute atomic E-state index is 0.0306. The molecule has 0 radical (unpaired) electrons. The van der Waals surface area contributed by atoms with E-state index in [1.54, 1.807) is 6.08 Å². The molecular formula is C9H16N2O2. The monoisotopic (exact) mass is 184 g/mol. The van der Waals surface area contributed by atoms with Crippen molar-refractivity contribution in [2.24, 2.45) is 5.73 Å². The van der Waals surface area contributed by atoms with Gasteiger partial charge in [-0.15, -0.1) is 0 Å². The summed E-state index contributed by atoms with van der Waals surface area (Å²) in [7, 11) is 0. The molecule has 1 saturated heterocycles. The summed E-state index contributed by atoms with van der Waals surface area (Å²) < 4.78 is 0. The molecule has 1 aliphatic heterocycles. The van der Waals surface area contributed by atoms with Gasteiger partial charge in [0.25, 0.3) is 0 Å². The topological polar surface area (TPSA) is 58.6 Å². The molecule has 0 aromatic carbocycles. The molecule has 0 amide bonds. The Bertz CT molecular complexity index is 182. The van der Waals surface area contributed by atoms with Crippen LogP contribution >= 0.6 is 0 Å². The van der Waals surface area contributed by atoms with E-state index in [9.17, 15) is 4.79 Å². The second kappa shape index (κ2) is 5.85. The SMILES string of the molecule is NCCCCCN1OC1/C=C\C=O. The molecule has 2 unspecified atom stereocenters. The van der Waals surface area contributed by atoms with Gasteiger partial charge in [0.15, 0.2) is 6.23 Å². The van der Waals surface area contributed by atoms with Crippen molar-refractivity contribution in [1.82, 2.24) is 5.06 Å². The van der Waals surface area contributed by atoms with E-state index in [1.807, 2.05) is 5.06 Å². The lowest BCUT2D eigenvalue weighted by Crippen LogP contribution is -2.04. The summed E-state index contributed by atoms with van der Waals surface area (Å²) in [5, 5.41) is 1.86. The van der Waals surface area contributed by atoms with Crippen LogP contribution in [0.2, 0.25) is 0 Å². The molecule has 0 spiro atoms. The molecule has 0 aromatic rings. The van der Waals surface area contributed by atoms with E-state index in [0.717, 1.165) is 38.6 Å². The van der Waals surface area contributed by atoms with Gasteiger partial charge >= 0.3 is 0 Å². The van der Waals surface area contributed by atoms with Crippen LogP contribution in [0.5, 0.6) is 0 Å². The Morgan fingerprint density at radius 1 is 1.38 bits per heavy atom. The molecule has 4 nitrogen and oxygen atoms in total. The number of unbranched alkanes of at least 4 members (excludes halogenated alkanes) is 2. The first-order valence-corrected chi connectivity index (χ1v) is 4.64. The highest BCUT2D eigenvalue weighted by atomic mass is 16.8. The van der Waals surface area contributed by atoms with Gasteiger partial charge in [0, 0.05) is 6.54 Å². The first kappa shape index (κ1) is 10.4. The van der Waals surface area contributed by atoms with Crippen molar-refractivity contribution < 1.29 is 9.63 Å². The van der Waals surface area contributed by atoms with Crippen molar-refractivity contribution in [3.05, 3.63) is 12.2 Å². The highest BCUT2D eigenvalue weighted by Crippen LogP contribution is 2.21. The number of carbonyl (C=O) groups is 1. The van der Waals surface area contributed by atoms with Crippen LogP contribution in [-0.4, -0.2) is 30.7 Å². The maximum Gasteiger partial charge on any atom is 0.173 e. The quantitative estimate of drug-likeness (QED) is 0.270. The summed E-state index contributed by atoms with van der Waals surface area (Å²) in [6.07, 6.45) is 7.31. The van der Waals surface area contributed by atoms with Gasteiger partial charge < -0.3 is 5.73 Å². The molecule has 0 bridgehead atoms. The van der Waals surface area contributed by atoms with Crippen molar-refractivity contribution in [3.63, 3.8) is 0 Å². The fourth-order valence-corrected chi connectivity index (χ4v) is 1.15. The van der Waals surface area contributed by atoms with Crippen LogP contribution < -0.4 is 5.73 Å². The minimum Gasteiger partial charge on any atom is -0.330 e. The number of allylic oxidation sites excluding steroid dienone is 1. The van der Waals surface area contributed by atoms with Gasteiger partial charge in [-0.1, -0.05) is 6.42 Å². The van der Waals surface area contributed by atoms with Crippen molar-refractivity contribution >= 4 is 6.29 Å². The van der Waals surface area contributed by atoms with Gasteiger partial charge in [0.2, 0.25) is 0 Å². The molecule has 1 aliphatic rings. The lowest BCUT2D eigenvalue weighted by molar-refractivity contribution is -0.104. The summed E-state index contributed by atoms with van der Waals surface area (Å²) in [5.41, 5.74) is 5.36. The lowest BCUT2D eigenvalue weighted by Gasteiger charge is -1.96. The number of nitrogens with two attached hydrogens (primary N) is 1. The van der Waals surface area contributed by atoms with Crippen molar-refractivity contribution in [2.45, 2.75) is 25.5 Å². The molecule has 74 valence electrons. The zero-order valence-corrected chi connectivity index (χ0v) is 7.69. The van der Waals surface area contributed by atoms with Crippen molar-refractivity contribution in [1.29, 1.82) is 0 Å². The number of nitrogens with zero attached hydrogens (tertiary/aromatic N) is 1. The summed E-state index contributed by atoms with van der Waals surface area (Å²) in [6.45, 7) is 1.68. The summed E-state index contributed by atoms with van der Waals surface area (Å²) in [5.74, 6) is 0. The van der Waals surface area contributed by atoms with Crippen LogP contribution in [0.15, 0.2) is 12.2 Å². The number of hydroxylamine groups is 2. The van der Waals surface area contributed by atoms with Gasteiger partial charge in [-0.25, -0.2) is 0 Å². The molecule has 1 heterocycles. The van der Waals surface area contributed by atoms with E-state index in [1.165, 1.54) is 6.08 Å². The molecule has 0 aliphatic carbocycles. The maximum atomic E-state index is 9.97. The largest absolute Gasteiger partial charge is 0.330 e. The number of hydrogen-bond acceptors (Lipinski definition) is 4. The molecule has 1 rings (SSSR count). The summed E-state index contributed by atoms with van der Waals surface area (Å²) >= 11 is 0. The van der Waals surface area contributed by atoms with E-state index in [-0.39, 0.29) is 6.23 Å². The third-order valence-electron chi connectivity index (χ3n) is 1.92. The highest BCUT2D eigenvalue weighted by Gasteiger charge is 2.32. The lowest BCUT2D eigenvalue weighted by atomic mass is 10.2. The van der Waals surface area contributed by atoms with E-state index >= 15 is 0 Å². The Balaban J connectivity index is 1.94. The second-order valence-electron chi connectivity index (χ2n) is 3.01. The molecule has 4 heteroatoms. The maximum absolute atomic E-state index is 9.97.